The van der Waals surface area contributed by atoms with Gasteiger partial charge in [-0.05, 0) is 36.8 Å². The van der Waals surface area contributed by atoms with Crippen LogP contribution in [-0.2, 0) is 17.5 Å². The second-order valence-corrected chi connectivity index (χ2v) is 8.07. The average molecular weight is 470 g/mol. The quantitative estimate of drug-likeness (QED) is 0.382. The highest BCUT2D eigenvalue weighted by Crippen LogP contribution is 2.32. The zero-order chi connectivity index (χ0) is 22.4. The minimum atomic E-state index is -4.42. The fourth-order valence-corrected chi connectivity index (χ4v) is 3.86. The van der Waals surface area contributed by atoms with Crippen LogP contribution < -0.4 is 0 Å². The molecule has 0 saturated carbocycles. The van der Waals surface area contributed by atoms with Crippen LogP contribution in [-0.4, -0.2) is 33.3 Å². The van der Waals surface area contributed by atoms with Crippen molar-refractivity contribution >= 4 is 29.3 Å². The number of hydrogen-bond acceptors (Lipinski definition) is 5. The van der Waals surface area contributed by atoms with Gasteiger partial charge in [0.2, 0.25) is 17.7 Å². The van der Waals surface area contributed by atoms with E-state index in [1.165, 1.54) is 6.07 Å². The fraction of sp³-hybridized carbons (Fsp3) is 0.286. The number of carbonyl (C=O) groups is 1. The van der Waals surface area contributed by atoms with Crippen LogP contribution in [0.4, 0.5) is 13.2 Å². The van der Waals surface area contributed by atoms with Gasteiger partial charge in [0.25, 0.3) is 0 Å². The smallest absolute Gasteiger partial charge is 0.416 e. The lowest BCUT2D eigenvalue weighted by atomic mass is 10.2. The summed E-state index contributed by atoms with van der Waals surface area (Å²) in [6.45, 7) is 2.47. The summed E-state index contributed by atoms with van der Waals surface area (Å²) in [6, 6.07) is 11.9. The zero-order valence-electron chi connectivity index (χ0n) is 16.5. The Kier molecular flexibility index (Phi) is 7.61. The molecule has 0 aliphatic heterocycles. The zero-order valence-corrected chi connectivity index (χ0v) is 18.1. The predicted molar refractivity (Wildman–Crippen MR) is 113 cm³/mol. The number of hydrogen-bond donors (Lipinski definition) is 0. The van der Waals surface area contributed by atoms with Crippen molar-refractivity contribution in [2.45, 2.75) is 31.0 Å². The molecule has 0 unspecified atom stereocenters. The first-order valence-electron chi connectivity index (χ1n) is 9.43. The average Bonchev–Trinajstić information content (AvgIpc) is 3.20. The van der Waals surface area contributed by atoms with Gasteiger partial charge in [-0.2, -0.15) is 13.2 Å². The summed E-state index contributed by atoms with van der Waals surface area (Å²) in [5.74, 6) is 0.262. The Morgan fingerprint density at radius 3 is 2.65 bits per heavy atom. The number of aromatic nitrogens is 2. The van der Waals surface area contributed by atoms with Crippen LogP contribution >= 0.6 is 23.4 Å². The number of halogens is 4. The maximum absolute atomic E-state index is 12.9. The number of alkyl halides is 3. The highest BCUT2D eigenvalue weighted by atomic mass is 35.5. The van der Waals surface area contributed by atoms with E-state index in [1.54, 1.807) is 35.2 Å². The lowest BCUT2D eigenvalue weighted by Crippen LogP contribution is -2.32. The van der Waals surface area contributed by atoms with E-state index in [2.05, 4.69) is 10.2 Å². The minimum absolute atomic E-state index is 0.00712. The normalized spacial score (nSPS) is 11.5. The molecule has 3 aromatic rings. The lowest BCUT2D eigenvalue weighted by molar-refractivity contribution is -0.137. The van der Waals surface area contributed by atoms with E-state index in [-0.39, 0.29) is 30.0 Å². The summed E-state index contributed by atoms with van der Waals surface area (Å²) in [5, 5.41) is 8.46. The van der Waals surface area contributed by atoms with Crippen LogP contribution in [0, 0.1) is 0 Å². The second kappa shape index (κ2) is 10.2. The van der Waals surface area contributed by atoms with Crippen molar-refractivity contribution in [3.63, 3.8) is 0 Å². The molecular weight excluding hydrogens is 451 g/mol. The topological polar surface area (TPSA) is 59.2 Å². The highest BCUT2D eigenvalue weighted by Gasteiger charge is 2.30. The number of carbonyl (C=O) groups excluding carboxylic acids is 1. The SMILES string of the molecule is CCCN(Cc1nnc(-c2ccccc2Cl)o1)C(=O)CSc1cccc(C(F)(F)F)c1. The van der Waals surface area contributed by atoms with E-state index in [4.69, 9.17) is 16.0 Å². The summed E-state index contributed by atoms with van der Waals surface area (Å²) >= 11 is 7.20. The third-order valence-corrected chi connectivity index (χ3v) is 5.58. The van der Waals surface area contributed by atoms with E-state index in [0.717, 1.165) is 23.9 Å². The third-order valence-electron chi connectivity index (χ3n) is 4.27. The summed E-state index contributed by atoms with van der Waals surface area (Å²) < 4.78 is 44.3. The van der Waals surface area contributed by atoms with Crippen LogP contribution in [0.2, 0.25) is 5.02 Å². The molecule has 10 heteroatoms. The first-order chi connectivity index (χ1) is 14.8. The molecule has 0 aliphatic rings. The van der Waals surface area contributed by atoms with Crippen molar-refractivity contribution in [3.05, 3.63) is 65.0 Å². The Balaban J connectivity index is 1.66. The van der Waals surface area contributed by atoms with Crippen LogP contribution in [0.15, 0.2) is 57.8 Å². The number of benzene rings is 2. The predicted octanol–water partition coefficient (Wildman–Crippen LogP) is 5.94. The Bertz CT molecular complexity index is 1040. The lowest BCUT2D eigenvalue weighted by Gasteiger charge is -2.20. The molecule has 0 atom stereocenters. The molecule has 0 fully saturated rings. The molecule has 0 spiro atoms. The summed E-state index contributed by atoms with van der Waals surface area (Å²) in [5.41, 5.74) is -0.148. The maximum Gasteiger partial charge on any atom is 0.416 e. The molecule has 3 rings (SSSR count). The summed E-state index contributed by atoms with van der Waals surface area (Å²) in [7, 11) is 0. The van der Waals surface area contributed by atoms with Crippen LogP contribution in [0.1, 0.15) is 24.8 Å². The first kappa shape index (κ1) is 23.1. The molecule has 31 heavy (non-hydrogen) atoms. The standard InChI is InChI=1S/C21H19ClF3N3O2S/c1-2-10-28(12-18-26-27-20(30-18)16-8-3-4-9-17(16)22)19(29)13-31-15-7-5-6-14(11-15)21(23,24)25/h3-9,11H,2,10,12-13H2,1H3. The van der Waals surface area contributed by atoms with E-state index in [1.807, 2.05) is 6.92 Å². The highest BCUT2D eigenvalue weighted by molar-refractivity contribution is 8.00. The molecule has 0 aliphatic carbocycles. The Hall–Kier alpha value is -2.52. The van der Waals surface area contributed by atoms with E-state index < -0.39 is 11.7 Å². The largest absolute Gasteiger partial charge is 0.419 e. The van der Waals surface area contributed by atoms with Gasteiger partial charge in [-0.1, -0.05) is 36.7 Å². The number of amides is 1. The van der Waals surface area contributed by atoms with Crippen LogP contribution in [0.3, 0.4) is 0 Å². The molecule has 1 aromatic heterocycles. The van der Waals surface area contributed by atoms with Crippen molar-refractivity contribution < 1.29 is 22.4 Å². The molecular formula is C21H19ClF3N3O2S. The Morgan fingerprint density at radius 2 is 1.94 bits per heavy atom. The summed E-state index contributed by atoms with van der Waals surface area (Å²) in [4.78, 5) is 14.6. The van der Waals surface area contributed by atoms with Gasteiger partial charge in [0.1, 0.15) is 0 Å². The van der Waals surface area contributed by atoms with Gasteiger partial charge in [0.05, 0.1) is 28.4 Å². The molecule has 164 valence electrons. The minimum Gasteiger partial charge on any atom is -0.419 e. The van der Waals surface area contributed by atoms with E-state index in [0.29, 0.717) is 28.4 Å². The van der Waals surface area contributed by atoms with Gasteiger partial charge in [0, 0.05) is 11.4 Å². The van der Waals surface area contributed by atoms with Gasteiger partial charge < -0.3 is 9.32 Å². The second-order valence-electron chi connectivity index (χ2n) is 6.61. The van der Waals surface area contributed by atoms with Gasteiger partial charge in [0.15, 0.2) is 0 Å². The van der Waals surface area contributed by atoms with Crippen molar-refractivity contribution in [1.29, 1.82) is 0 Å². The van der Waals surface area contributed by atoms with E-state index in [9.17, 15) is 18.0 Å². The first-order valence-corrected chi connectivity index (χ1v) is 10.8. The molecule has 2 aromatic carbocycles. The van der Waals surface area contributed by atoms with Gasteiger partial charge in [-0.25, -0.2) is 0 Å². The van der Waals surface area contributed by atoms with Crippen molar-refractivity contribution in [2.75, 3.05) is 12.3 Å². The molecule has 0 saturated heterocycles. The van der Waals surface area contributed by atoms with Crippen LogP contribution in [0.25, 0.3) is 11.5 Å². The van der Waals surface area contributed by atoms with Gasteiger partial charge in [-0.15, -0.1) is 22.0 Å². The molecule has 0 radical (unpaired) electrons. The number of nitrogens with zero attached hydrogens (tertiary/aromatic N) is 3. The Morgan fingerprint density at radius 1 is 1.16 bits per heavy atom. The molecule has 1 heterocycles. The molecule has 0 bridgehead atoms. The molecule has 5 nitrogen and oxygen atoms in total. The Labute approximate surface area is 186 Å². The maximum atomic E-state index is 12.9. The van der Waals surface area contributed by atoms with Gasteiger partial charge in [-0.3, -0.25) is 4.79 Å². The third kappa shape index (κ3) is 6.24. The van der Waals surface area contributed by atoms with E-state index >= 15 is 0 Å². The summed E-state index contributed by atoms with van der Waals surface area (Å²) in [6.07, 6.45) is -3.72. The molecule has 0 N–H and O–H groups in total. The fourth-order valence-electron chi connectivity index (χ4n) is 2.78. The van der Waals surface area contributed by atoms with Gasteiger partial charge >= 0.3 is 6.18 Å². The monoisotopic (exact) mass is 469 g/mol. The molecule has 1 amide bonds. The van der Waals surface area contributed by atoms with Crippen molar-refractivity contribution in [3.8, 4) is 11.5 Å². The number of thioether (sulfide) groups is 1. The van der Waals surface area contributed by atoms with Crippen molar-refractivity contribution in [1.82, 2.24) is 15.1 Å². The number of rotatable bonds is 8. The van der Waals surface area contributed by atoms with Crippen molar-refractivity contribution in [2.24, 2.45) is 0 Å². The van der Waals surface area contributed by atoms with Crippen LogP contribution in [0.5, 0.6) is 0 Å².